The highest BCUT2D eigenvalue weighted by Crippen LogP contribution is 2.32. The van der Waals surface area contributed by atoms with Gasteiger partial charge in [0.15, 0.2) is 0 Å². The fourth-order valence-corrected chi connectivity index (χ4v) is 2.99. The molecular formula is C15H12ClN3OS. The van der Waals surface area contributed by atoms with Gasteiger partial charge in [-0.2, -0.15) is 0 Å². The van der Waals surface area contributed by atoms with Gasteiger partial charge in [-0.3, -0.25) is 4.79 Å². The van der Waals surface area contributed by atoms with Gasteiger partial charge in [-0.05, 0) is 24.3 Å². The first-order chi connectivity index (χ1) is 10.2. The van der Waals surface area contributed by atoms with Gasteiger partial charge < -0.3 is 10.6 Å². The van der Waals surface area contributed by atoms with Crippen molar-refractivity contribution in [2.75, 3.05) is 17.7 Å². The standard InChI is InChI=1S/C15H12ClN3OS/c1-17-11-5-3-2-4-9(11)15(20)19-13-10(16)6-7-12-14(13)18-8-21-12/h2-8,17H,1H3,(H,19,20). The highest BCUT2D eigenvalue weighted by atomic mass is 35.5. The second-order valence-electron chi connectivity index (χ2n) is 4.37. The molecule has 0 radical (unpaired) electrons. The molecule has 2 N–H and O–H groups in total. The van der Waals surface area contributed by atoms with Gasteiger partial charge in [0.1, 0.15) is 5.52 Å². The molecule has 21 heavy (non-hydrogen) atoms. The molecule has 0 saturated heterocycles. The summed E-state index contributed by atoms with van der Waals surface area (Å²) in [5.74, 6) is -0.220. The van der Waals surface area contributed by atoms with Gasteiger partial charge in [0.25, 0.3) is 5.91 Å². The van der Waals surface area contributed by atoms with Crippen LogP contribution in [0.15, 0.2) is 41.9 Å². The van der Waals surface area contributed by atoms with Gasteiger partial charge >= 0.3 is 0 Å². The number of fused-ring (bicyclic) bond motifs is 1. The number of para-hydroxylation sites is 1. The van der Waals surface area contributed by atoms with Crippen LogP contribution in [0.2, 0.25) is 5.02 Å². The summed E-state index contributed by atoms with van der Waals surface area (Å²) in [4.78, 5) is 16.7. The van der Waals surface area contributed by atoms with E-state index in [0.717, 1.165) is 10.4 Å². The largest absolute Gasteiger partial charge is 0.387 e. The minimum atomic E-state index is -0.220. The van der Waals surface area contributed by atoms with Crippen molar-refractivity contribution in [3.05, 3.63) is 52.5 Å². The Balaban J connectivity index is 2.00. The van der Waals surface area contributed by atoms with Crippen molar-refractivity contribution >= 4 is 50.4 Å². The first-order valence-corrected chi connectivity index (χ1v) is 7.56. The molecule has 0 bridgehead atoms. The van der Waals surface area contributed by atoms with Gasteiger partial charge in [-0.15, -0.1) is 11.3 Å². The maximum Gasteiger partial charge on any atom is 0.257 e. The fourth-order valence-electron chi connectivity index (χ4n) is 2.11. The van der Waals surface area contributed by atoms with Crippen molar-refractivity contribution in [3.8, 4) is 0 Å². The Morgan fingerprint density at radius 1 is 1.24 bits per heavy atom. The van der Waals surface area contributed by atoms with Crippen molar-refractivity contribution in [3.63, 3.8) is 0 Å². The zero-order chi connectivity index (χ0) is 14.8. The molecule has 1 amide bonds. The number of halogens is 1. The average Bonchev–Trinajstić information content (AvgIpc) is 2.98. The number of aromatic nitrogens is 1. The number of anilines is 2. The minimum Gasteiger partial charge on any atom is -0.387 e. The summed E-state index contributed by atoms with van der Waals surface area (Å²) in [7, 11) is 1.78. The lowest BCUT2D eigenvalue weighted by Crippen LogP contribution is -2.14. The lowest BCUT2D eigenvalue weighted by molar-refractivity contribution is 0.102. The number of carbonyl (C=O) groups excluding carboxylic acids is 1. The van der Waals surface area contributed by atoms with Crippen LogP contribution in [-0.2, 0) is 0 Å². The highest BCUT2D eigenvalue weighted by molar-refractivity contribution is 7.16. The van der Waals surface area contributed by atoms with Crippen molar-refractivity contribution < 1.29 is 4.79 Å². The van der Waals surface area contributed by atoms with Gasteiger partial charge in [-0.1, -0.05) is 23.7 Å². The first-order valence-electron chi connectivity index (χ1n) is 6.30. The number of rotatable bonds is 3. The molecule has 1 heterocycles. The molecule has 4 nitrogen and oxygen atoms in total. The molecular weight excluding hydrogens is 306 g/mol. The maximum atomic E-state index is 12.5. The van der Waals surface area contributed by atoms with Gasteiger partial charge in [0, 0.05) is 12.7 Å². The van der Waals surface area contributed by atoms with E-state index in [2.05, 4.69) is 15.6 Å². The summed E-state index contributed by atoms with van der Waals surface area (Å²) in [6, 6.07) is 11.0. The summed E-state index contributed by atoms with van der Waals surface area (Å²) < 4.78 is 0.983. The SMILES string of the molecule is CNc1ccccc1C(=O)Nc1c(Cl)ccc2scnc12. The van der Waals surface area contributed by atoms with Crippen molar-refractivity contribution in [1.29, 1.82) is 0 Å². The Kier molecular flexibility index (Phi) is 3.77. The summed E-state index contributed by atoms with van der Waals surface area (Å²) >= 11 is 7.71. The van der Waals surface area contributed by atoms with Crippen molar-refractivity contribution in [2.24, 2.45) is 0 Å². The number of hydrogen-bond acceptors (Lipinski definition) is 4. The molecule has 1 aromatic heterocycles. The normalized spacial score (nSPS) is 10.6. The number of benzene rings is 2. The van der Waals surface area contributed by atoms with Crippen LogP contribution in [0.4, 0.5) is 11.4 Å². The summed E-state index contributed by atoms with van der Waals surface area (Å²) in [5, 5.41) is 6.34. The molecule has 0 aliphatic carbocycles. The third-order valence-corrected chi connectivity index (χ3v) is 4.24. The van der Waals surface area contributed by atoms with Gasteiger partial charge in [-0.25, -0.2) is 4.98 Å². The quantitative estimate of drug-likeness (QED) is 0.759. The van der Waals surface area contributed by atoms with E-state index in [1.165, 1.54) is 11.3 Å². The number of thiazole rings is 1. The summed E-state index contributed by atoms with van der Waals surface area (Å²) in [5.41, 5.74) is 4.31. The molecule has 3 aromatic rings. The second kappa shape index (κ2) is 5.71. The monoisotopic (exact) mass is 317 g/mol. The number of hydrogen-bond donors (Lipinski definition) is 2. The van der Waals surface area contributed by atoms with E-state index in [9.17, 15) is 4.79 Å². The lowest BCUT2D eigenvalue weighted by atomic mass is 10.1. The molecule has 106 valence electrons. The van der Waals surface area contributed by atoms with Crippen LogP contribution >= 0.6 is 22.9 Å². The van der Waals surface area contributed by atoms with Gasteiger partial charge in [0.05, 0.1) is 26.5 Å². The number of carbonyl (C=O) groups is 1. The molecule has 3 rings (SSSR count). The molecule has 0 fully saturated rings. The summed E-state index contributed by atoms with van der Waals surface area (Å²) in [6.45, 7) is 0. The molecule has 2 aromatic carbocycles. The average molecular weight is 318 g/mol. The molecule has 0 unspecified atom stereocenters. The van der Waals surface area contributed by atoms with E-state index >= 15 is 0 Å². The highest BCUT2D eigenvalue weighted by Gasteiger charge is 2.15. The predicted octanol–water partition coefficient (Wildman–Crippen LogP) is 4.24. The third-order valence-electron chi connectivity index (χ3n) is 3.13. The molecule has 0 aliphatic heterocycles. The van der Waals surface area contributed by atoms with Crippen LogP contribution in [0, 0.1) is 0 Å². The van der Waals surface area contributed by atoms with E-state index in [0.29, 0.717) is 21.8 Å². The zero-order valence-electron chi connectivity index (χ0n) is 11.2. The van der Waals surface area contributed by atoms with E-state index in [1.807, 2.05) is 24.3 Å². The van der Waals surface area contributed by atoms with E-state index in [1.54, 1.807) is 24.7 Å². The van der Waals surface area contributed by atoms with Crippen LogP contribution in [-0.4, -0.2) is 17.9 Å². The van der Waals surface area contributed by atoms with Gasteiger partial charge in [0.2, 0.25) is 0 Å². The Bertz CT molecular complexity index is 816. The Morgan fingerprint density at radius 2 is 2.05 bits per heavy atom. The van der Waals surface area contributed by atoms with Crippen molar-refractivity contribution in [2.45, 2.75) is 0 Å². The minimum absolute atomic E-state index is 0.220. The lowest BCUT2D eigenvalue weighted by Gasteiger charge is -2.11. The van der Waals surface area contributed by atoms with E-state index in [4.69, 9.17) is 11.6 Å². The fraction of sp³-hybridized carbons (Fsp3) is 0.0667. The molecule has 6 heteroatoms. The molecule has 0 saturated carbocycles. The Morgan fingerprint density at radius 3 is 2.86 bits per heavy atom. The predicted molar refractivity (Wildman–Crippen MR) is 88.6 cm³/mol. The third kappa shape index (κ3) is 2.57. The number of nitrogens with one attached hydrogen (secondary N) is 2. The Labute approximate surface area is 130 Å². The van der Waals surface area contributed by atoms with Crippen LogP contribution in [0.1, 0.15) is 10.4 Å². The van der Waals surface area contributed by atoms with Crippen molar-refractivity contribution in [1.82, 2.24) is 4.98 Å². The van der Waals surface area contributed by atoms with Crippen LogP contribution in [0.25, 0.3) is 10.2 Å². The topological polar surface area (TPSA) is 54.0 Å². The van der Waals surface area contributed by atoms with E-state index < -0.39 is 0 Å². The first kappa shape index (κ1) is 13.9. The van der Waals surface area contributed by atoms with Crippen LogP contribution in [0.5, 0.6) is 0 Å². The molecule has 0 spiro atoms. The second-order valence-corrected chi connectivity index (χ2v) is 5.66. The summed E-state index contributed by atoms with van der Waals surface area (Å²) in [6.07, 6.45) is 0. The molecule has 0 aliphatic rings. The smallest absolute Gasteiger partial charge is 0.257 e. The van der Waals surface area contributed by atoms with E-state index in [-0.39, 0.29) is 5.91 Å². The molecule has 0 atom stereocenters. The van der Waals surface area contributed by atoms with Crippen LogP contribution in [0.3, 0.4) is 0 Å². The zero-order valence-corrected chi connectivity index (χ0v) is 12.8. The Hall–Kier alpha value is -2.11. The number of amides is 1. The van der Waals surface area contributed by atoms with Crippen LogP contribution < -0.4 is 10.6 Å². The maximum absolute atomic E-state index is 12.5. The number of nitrogens with zero attached hydrogens (tertiary/aromatic N) is 1.